The molecule has 148 valence electrons. The molecule has 2 amide bonds. The van der Waals surface area contributed by atoms with E-state index in [4.69, 9.17) is 14.6 Å². The van der Waals surface area contributed by atoms with Gasteiger partial charge in [0.1, 0.15) is 6.04 Å². The summed E-state index contributed by atoms with van der Waals surface area (Å²) in [7, 11) is 0. The highest BCUT2D eigenvalue weighted by atomic mass is 16.5. The zero-order valence-electron chi connectivity index (χ0n) is 15.7. The lowest BCUT2D eigenvalue weighted by atomic mass is 10.1. The predicted molar refractivity (Wildman–Crippen MR) is 98.1 cm³/mol. The van der Waals surface area contributed by atoms with Crippen LogP contribution in [0.4, 0.5) is 0 Å². The van der Waals surface area contributed by atoms with Crippen LogP contribution in [0.3, 0.4) is 0 Å². The van der Waals surface area contributed by atoms with Gasteiger partial charge in [-0.3, -0.25) is 14.4 Å². The first-order chi connectivity index (χ1) is 12.9. The Hall–Kier alpha value is -2.77. The Bertz CT molecular complexity index is 685. The summed E-state index contributed by atoms with van der Waals surface area (Å²) in [4.78, 5) is 37.1. The fraction of sp³-hybridized carbons (Fsp3) is 0.526. The Kier molecular flexibility index (Phi) is 7.45. The van der Waals surface area contributed by atoms with E-state index in [9.17, 15) is 14.4 Å². The molecule has 0 radical (unpaired) electrons. The summed E-state index contributed by atoms with van der Waals surface area (Å²) >= 11 is 0. The fourth-order valence-corrected chi connectivity index (χ4v) is 2.75. The largest absolute Gasteiger partial charge is 0.490 e. The van der Waals surface area contributed by atoms with Gasteiger partial charge in [-0.15, -0.1) is 0 Å². The van der Waals surface area contributed by atoms with E-state index in [-0.39, 0.29) is 18.1 Å². The van der Waals surface area contributed by atoms with Gasteiger partial charge in [-0.05, 0) is 51.3 Å². The number of hydrogen-bond donors (Lipinski definition) is 2. The summed E-state index contributed by atoms with van der Waals surface area (Å²) in [6.45, 7) is 4.94. The van der Waals surface area contributed by atoms with Crippen molar-refractivity contribution in [2.24, 2.45) is 0 Å². The standard InChI is InChI=1S/C19H26N2O6/c1-3-26-16-11-14(18(23)20-13(2)19(24)25)7-8-15(16)27-12-17(22)21-9-5-4-6-10-21/h7-8,11,13H,3-6,9-10,12H2,1-2H3,(H,20,23)(H,24,25). The van der Waals surface area contributed by atoms with Crippen molar-refractivity contribution in [1.29, 1.82) is 0 Å². The Morgan fingerprint density at radius 3 is 2.48 bits per heavy atom. The maximum Gasteiger partial charge on any atom is 0.325 e. The van der Waals surface area contributed by atoms with Crippen molar-refractivity contribution in [2.75, 3.05) is 26.3 Å². The van der Waals surface area contributed by atoms with Gasteiger partial charge in [0.15, 0.2) is 18.1 Å². The molecule has 27 heavy (non-hydrogen) atoms. The number of piperidine rings is 1. The minimum atomic E-state index is -1.12. The molecule has 0 aromatic heterocycles. The van der Waals surface area contributed by atoms with Gasteiger partial charge in [0.25, 0.3) is 11.8 Å². The van der Waals surface area contributed by atoms with Crippen LogP contribution in [-0.2, 0) is 9.59 Å². The zero-order chi connectivity index (χ0) is 19.8. The van der Waals surface area contributed by atoms with Gasteiger partial charge in [0.05, 0.1) is 6.61 Å². The molecule has 0 spiro atoms. The van der Waals surface area contributed by atoms with Crippen LogP contribution in [0.1, 0.15) is 43.5 Å². The number of ether oxygens (including phenoxy) is 2. The van der Waals surface area contributed by atoms with E-state index in [1.807, 2.05) is 0 Å². The van der Waals surface area contributed by atoms with E-state index in [0.29, 0.717) is 18.1 Å². The monoisotopic (exact) mass is 378 g/mol. The van der Waals surface area contributed by atoms with Crippen molar-refractivity contribution in [1.82, 2.24) is 10.2 Å². The Labute approximate surface area is 158 Å². The maximum atomic E-state index is 12.2. The van der Waals surface area contributed by atoms with Crippen LogP contribution in [0.15, 0.2) is 18.2 Å². The molecule has 0 bridgehead atoms. The fourth-order valence-electron chi connectivity index (χ4n) is 2.75. The molecule has 0 aliphatic carbocycles. The highest BCUT2D eigenvalue weighted by molar-refractivity contribution is 5.97. The SMILES string of the molecule is CCOc1cc(C(=O)NC(C)C(=O)O)ccc1OCC(=O)N1CCCCC1. The summed E-state index contributed by atoms with van der Waals surface area (Å²) in [6.07, 6.45) is 3.16. The molecule has 1 fully saturated rings. The normalized spacial score (nSPS) is 15.0. The number of nitrogens with zero attached hydrogens (tertiary/aromatic N) is 1. The quantitative estimate of drug-likeness (QED) is 0.713. The second-order valence-corrected chi connectivity index (χ2v) is 6.36. The number of carbonyl (C=O) groups excluding carboxylic acids is 2. The van der Waals surface area contributed by atoms with E-state index >= 15 is 0 Å². The van der Waals surface area contributed by atoms with Gasteiger partial charge in [-0.25, -0.2) is 0 Å². The number of likely N-dealkylation sites (tertiary alicyclic amines) is 1. The molecule has 1 unspecified atom stereocenters. The van der Waals surface area contributed by atoms with Crippen molar-refractivity contribution >= 4 is 17.8 Å². The highest BCUT2D eigenvalue weighted by Gasteiger charge is 2.19. The highest BCUT2D eigenvalue weighted by Crippen LogP contribution is 2.28. The third-order valence-corrected chi connectivity index (χ3v) is 4.28. The zero-order valence-corrected chi connectivity index (χ0v) is 15.7. The van der Waals surface area contributed by atoms with E-state index in [2.05, 4.69) is 5.32 Å². The van der Waals surface area contributed by atoms with Crippen molar-refractivity contribution in [3.8, 4) is 11.5 Å². The van der Waals surface area contributed by atoms with Gasteiger partial charge >= 0.3 is 5.97 Å². The number of carboxylic acids is 1. The van der Waals surface area contributed by atoms with Crippen LogP contribution in [0.2, 0.25) is 0 Å². The Morgan fingerprint density at radius 2 is 1.85 bits per heavy atom. The first-order valence-corrected chi connectivity index (χ1v) is 9.13. The van der Waals surface area contributed by atoms with E-state index in [0.717, 1.165) is 32.4 Å². The number of nitrogens with one attached hydrogen (secondary N) is 1. The van der Waals surface area contributed by atoms with Crippen LogP contribution in [0.25, 0.3) is 0 Å². The number of carbonyl (C=O) groups is 3. The van der Waals surface area contributed by atoms with Gasteiger partial charge in [-0.1, -0.05) is 0 Å². The summed E-state index contributed by atoms with van der Waals surface area (Å²) in [5, 5.41) is 11.3. The van der Waals surface area contributed by atoms with Gasteiger partial charge in [-0.2, -0.15) is 0 Å². The van der Waals surface area contributed by atoms with Crippen molar-refractivity contribution in [3.63, 3.8) is 0 Å². The summed E-state index contributed by atoms with van der Waals surface area (Å²) in [5.74, 6) is -1.02. The molecular formula is C19H26N2O6. The lowest BCUT2D eigenvalue weighted by Gasteiger charge is -2.26. The first-order valence-electron chi connectivity index (χ1n) is 9.13. The second-order valence-electron chi connectivity index (χ2n) is 6.36. The number of rotatable bonds is 8. The third-order valence-electron chi connectivity index (χ3n) is 4.28. The van der Waals surface area contributed by atoms with Crippen molar-refractivity contribution in [2.45, 2.75) is 39.2 Å². The molecule has 1 aromatic rings. The second kappa shape index (κ2) is 9.80. The number of hydrogen-bond acceptors (Lipinski definition) is 5. The van der Waals surface area contributed by atoms with Crippen LogP contribution in [0, 0.1) is 0 Å². The molecule has 0 saturated carbocycles. The lowest BCUT2D eigenvalue weighted by molar-refractivity contribution is -0.138. The maximum absolute atomic E-state index is 12.2. The van der Waals surface area contributed by atoms with Crippen LogP contribution < -0.4 is 14.8 Å². The topological polar surface area (TPSA) is 105 Å². The van der Waals surface area contributed by atoms with Crippen LogP contribution in [-0.4, -0.2) is 60.1 Å². The molecule has 1 atom stereocenters. The average molecular weight is 378 g/mol. The van der Waals surface area contributed by atoms with Gasteiger partial charge < -0.3 is 24.8 Å². The van der Waals surface area contributed by atoms with E-state index < -0.39 is 17.9 Å². The minimum Gasteiger partial charge on any atom is -0.490 e. The Balaban J connectivity index is 2.04. The van der Waals surface area contributed by atoms with Crippen molar-refractivity contribution < 1.29 is 29.0 Å². The number of carboxylic acid groups (broad SMARTS) is 1. The molecule has 1 heterocycles. The number of amides is 2. The molecular weight excluding hydrogens is 352 g/mol. The predicted octanol–water partition coefficient (Wildman–Crippen LogP) is 1.68. The number of aliphatic carboxylic acids is 1. The smallest absolute Gasteiger partial charge is 0.325 e. The van der Waals surface area contributed by atoms with Crippen LogP contribution in [0.5, 0.6) is 11.5 Å². The molecule has 1 saturated heterocycles. The molecule has 1 aliphatic heterocycles. The minimum absolute atomic E-state index is 0.0748. The summed E-state index contributed by atoms with van der Waals surface area (Å²) in [5.41, 5.74) is 0.251. The van der Waals surface area contributed by atoms with E-state index in [1.54, 1.807) is 17.9 Å². The Morgan fingerprint density at radius 1 is 1.15 bits per heavy atom. The molecule has 2 rings (SSSR count). The first kappa shape index (κ1) is 20.5. The molecule has 2 N–H and O–H groups in total. The van der Waals surface area contributed by atoms with Gasteiger partial charge in [0.2, 0.25) is 0 Å². The number of benzene rings is 1. The van der Waals surface area contributed by atoms with Crippen molar-refractivity contribution in [3.05, 3.63) is 23.8 Å². The molecule has 1 aliphatic rings. The molecule has 8 heteroatoms. The molecule has 1 aromatic carbocycles. The van der Waals surface area contributed by atoms with Crippen LogP contribution >= 0.6 is 0 Å². The molecule has 8 nitrogen and oxygen atoms in total. The lowest BCUT2D eigenvalue weighted by Crippen LogP contribution is -2.38. The summed E-state index contributed by atoms with van der Waals surface area (Å²) in [6, 6.07) is 3.53. The summed E-state index contributed by atoms with van der Waals surface area (Å²) < 4.78 is 11.1. The van der Waals surface area contributed by atoms with E-state index in [1.165, 1.54) is 19.1 Å². The average Bonchev–Trinajstić information content (AvgIpc) is 2.67. The van der Waals surface area contributed by atoms with Gasteiger partial charge in [0, 0.05) is 18.7 Å². The third kappa shape index (κ3) is 5.87.